The fourth-order valence-electron chi connectivity index (χ4n) is 2.21. The molecule has 27 heavy (non-hydrogen) atoms. The Labute approximate surface area is 170 Å². The fraction of sp³-hybridized carbons (Fsp3) is 0.0476. The number of rotatable bonds is 7. The number of hydrazone groups is 1. The molecule has 0 aliphatic rings. The van der Waals surface area contributed by atoms with Crippen molar-refractivity contribution in [2.24, 2.45) is 5.10 Å². The summed E-state index contributed by atoms with van der Waals surface area (Å²) in [5.74, 6) is 1.52. The van der Waals surface area contributed by atoms with E-state index in [1.54, 1.807) is 6.21 Å². The highest BCUT2D eigenvalue weighted by molar-refractivity contribution is 9.10. The van der Waals surface area contributed by atoms with Crippen LogP contribution >= 0.6 is 27.7 Å². The predicted molar refractivity (Wildman–Crippen MR) is 114 cm³/mol. The van der Waals surface area contributed by atoms with Crippen LogP contribution in [-0.4, -0.2) is 17.9 Å². The summed E-state index contributed by atoms with van der Waals surface area (Å²) in [6.07, 6.45) is 1.58. The van der Waals surface area contributed by atoms with Crippen molar-refractivity contribution in [1.82, 2.24) is 5.43 Å². The van der Waals surface area contributed by atoms with Gasteiger partial charge in [0.05, 0.1) is 12.0 Å². The molecule has 1 amide bonds. The summed E-state index contributed by atoms with van der Waals surface area (Å²) < 4.78 is 6.85. The van der Waals surface area contributed by atoms with Crippen LogP contribution in [0.5, 0.6) is 11.5 Å². The Kier molecular flexibility index (Phi) is 7.07. The molecule has 6 heteroatoms. The van der Waals surface area contributed by atoms with E-state index in [1.165, 1.54) is 11.8 Å². The van der Waals surface area contributed by atoms with E-state index < -0.39 is 0 Å². The highest BCUT2D eigenvalue weighted by atomic mass is 79.9. The maximum atomic E-state index is 11.9. The lowest BCUT2D eigenvalue weighted by atomic mass is 10.2. The minimum Gasteiger partial charge on any atom is -0.457 e. The van der Waals surface area contributed by atoms with E-state index in [0.29, 0.717) is 17.3 Å². The molecule has 0 aromatic heterocycles. The molecule has 0 atom stereocenters. The first-order chi connectivity index (χ1) is 13.2. The molecule has 136 valence electrons. The number of para-hydroxylation sites is 1. The minimum absolute atomic E-state index is 0.162. The lowest BCUT2D eigenvalue weighted by molar-refractivity contribution is -0.118. The van der Waals surface area contributed by atoms with Gasteiger partial charge >= 0.3 is 0 Å². The lowest BCUT2D eigenvalue weighted by Gasteiger charge is -2.08. The summed E-state index contributed by atoms with van der Waals surface area (Å²) in [5, 5.41) is 4.05. The van der Waals surface area contributed by atoms with Crippen molar-refractivity contribution in [1.29, 1.82) is 0 Å². The average Bonchev–Trinajstić information content (AvgIpc) is 2.69. The summed E-state index contributed by atoms with van der Waals surface area (Å²) in [4.78, 5) is 13.0. The highest BCUT2D eigenvalue weighted by Crippen LogP contribution is 2.26. The second-order valence-electron chi connectivity index (χ2n) is 5.49. The molecule has 0 unspecified atom stereocenters. The normalized spacial score (nSPS) is 10.7. The van der Waals surface area contributed by atoms with Gasteiger partial charge in [0.1, 0.15) is 11.5 Å². The topological polar surface area (TPSA) is 50.7 Å². The number of carbonyl (C=O) groups is 1. The van der Waals surface area contributed by atoms with Gasteiger partial charge in [-0.25, -0.2) is 5.43 Å². The Hall–Kier alpha value is -2.57. The van der Waals surface area contributed by atoms with E-state index >= 15 is 0 Å². The zero-order chi connectivity index (χ0) is 18.9. The Morgan fingerprint density at radius 1 is 1.04 bits per heavy atom. The summed E-state index contributed by atoms with van der Waals surface area (Å²) >= 11 is 4.89. The maximum absolute atomic E-state index is 11.9. The molecule has 0 heterocycles. The molecular formula is C21H17BrN2O2S. The Balaban J connectivity index is 1.57. The van der Waals surface area contributed by atoms with E-state index in [0.717, 1.165) is 14.9 Å². The Bertz CT molecular complexity index is 932. The van der Waals surface area contributed by atoms with Gasteiger partial charge in [-0.15, -0.1) is 11.8 Å². The van der Waals surface area contributed by atoms with Gasteiger partial charge in [0.2, 0.25) is 5.91 Å². The number of ether oxygens (including phenoxy) is 1. The van der Waals surface area contributed by atoms with Crippen LogP contribution in [0.3, 0.4) is 0 Å². The van der Waals surface area contributed by atoms with E-state index in [2.05, 4.69) is 26.5 Å². The van der Waals surface area contributed by atoms with E-state index in [1.807, 2.05) is 78.9 Å². The van der Waals surface area contributed by atoms with E-state index in [4.69, 9.17) is 4.74 Å². The third kappa shape index (κ3) is 6.27. The largest absolute Gasteiger partial charge is 0.457 e. The SMILES string of the molecule is O=C(CSc1ccccc1)N/N=C/c1ccccc1Oc1cccc(Br)c1. The molecule has 0 spiro atoms. The third-order valence-electron chi connectivity index (χ3n) is 3.45. The summed E-state index contributed by atoms with van der Waals surface area (Å²) in [6, 6.07) is 24.9. The molecular weight excluding hydrogens is 424 g/mol. The second kappa shape index (κ2) is 9.94. The number of amides is 1. The van der Waals surface area contributed by atoms with Crippen molar-refractivity contribution < 1.29 is 9.53 Å². The molecule has 0 fully saturated rings. The number of hydrogen-bond donors (Lipinski definition) is 1. The molecule has 3 aromatic rings. The van der Waals surface area contributed by atoms with Crippen LogP contribution in [0.2, 0.25) is 0 Å². The molecule has 0 saturated heterocycles. The smallest absolute Gasteiger partial charge is 0.250 e. The van der Waals surface area contributed by atoms with Gasteiger partial charge in [0, 0.05) is 14.9 Å². The number of benzene rings is 3. The molecule has 3 aromatic carbocycles. The zero-order valence-electron chi connectivity index (χ0n) is 14.3. The first-order valence-electron chi connectivity index (χ1n) is 8.23. The minimum atomic E-state index is -0.162. The lowest BCUT2D eigenvalue weighted by Crippen LogP contribution is -2.19. The maximum Gasteiger partial charge on any atom is 0.250 e. The molecule has 1 N–H and O–H groups in total. The van der Waals surface area contributed by atoms with Gasteiger partial charge in [-0.1, -0.05) is 52.3 Å². The van der Waals surface area contributed by atoms with Crippen LogP contribution in [-0.2, 0) is 4.79 Å². The van der Waals surface area contributed by atoms with Crippen molar-refractivity contribution in [3.05, 3.63) is 88.9 Å². The number of nitrogens with one attached hydrogen (secondary N) is 1. The molecule has 4 nitrogen and oxygen atoms in total. The Morgan fingerprint density at radius 3 is 2.63 bits per heavy atom. The number of nitrogens with zero attached hydrogens (tertiary/aromatic N) is 1. The predicted octanol–water partition coefficient (Wildman–Crippen LogP) is 5.48. The van der Waals surface area contributed by atoms with Gasteiger partial charge in [0.25, 0.3) is 0 Å². The third-order valence-corrected chi connectivity index (χ3v) is 4.95. The standard InChI is InChI=1S/C21H17BrN2O2S/c22-17-8-6-9-18(13-17)26-20-12-5-4-7-16(20)14-23-24-21(25)15-27-19-10-2-1-3-11-19/h1-14H,15H2,(H,24,25)/b23-14+. The van der Waals surface area contributed by atoms with Crippen molar-refractivity contribution in [3.8, 4) is 11.5 Å². The summed E-state index contributed by atoms with van der Waals surface area (Å²) in [7, 11) is 0. The quantitative estimate of drug-likeness (QED) is 0.300. The van der Waals surface area contributed by atoms with Crippen LogP contribution in [0, 0.1) is 0 Å². The van der Waals surface area contributed by atoms with Crippen molar-refractivity contribution in [3.63, 3.8) is 0 Å². The molecule has 0 radical (unpaired) electrons. The molecule has 0 aliphatic heterocycles. The van der Waals surface area contributed by atoms with Crippen LogP contribution < -0.4 is 10.2 Å². The van der Waals surface area contributed by atoms with E-state index in [-0.39, 0.29) is 5.91 Å². The number of halogens is 1. The van der Waals surface area contributed by atoms with Crippen LogP contribution in [0.25, 0.3) is 0 Å². The monoisotopic (exact) mass is 440 g/mol. The zero-order valence-corrected chi connectivity index (χ0v) is 16.7. The summed E-state index contributed by atoms with van der Waals surface area (Å²) in [6.45, 7) is 0. The number of carbonyl (C=O) groups excluding carboxylic acids is 1. The molecule has 0 saturated carbocycles. The van der Waals surface area contributed by atoms with Crippen LogP contribution in [0.15, 0.2) is 93.3 Å². The molecule has 0 bridgehead atoms. The first-order valence-corrected chi connectivity index (χ1v) is 10.0. The fourth-order valence-corrected chi connectivity index (χ4v) is 3.30. The second-order valence-corrected chi connectivity index (χ2v) is 7.46. The van der Waals surface area contributed by atoms with Gasteiger partial charge in [0.15, 0.2) is 0 Å². The van der Waals surface area contributed by atoms with Crippen molar-refractivity contribution >= 4 is 39.8 Å². The number of thioether (sulfide) groups is 1. The van der Waals surface area contributed by atoms with Crippen molar-refractivity contribution in [2.45, 2.75) is 4.90 Å². The van der Waals surface area contributed by atoms with Gasteiger partial charge < -0.3 is 4.74 Å². The van der Waals surface area contributed by atoms with Crippen LogP contribution in [0.1, 0.15) is 5.56 Å². The van der Waals surface area contributed by atoms with Gasteiger partial charge in [-0.3, -0.25) is 4.79 Å². The van der Waals surface area contributed by atoms with Crippen molar-refractivity contribution in [2.75, 3.05) is 5.75 Å². The highest BCUT2D eigenvalue weighted by Gasteiger charge is 2.04. The molecule has 3 rings (SSSR count). The first kappa shape index (κ1) is 19.2. The average molecular weight is 441 g/mol. The van der Waals surface area contributed by atoms with Crippen LogP contribution in [0.4, 0.5) is 0 Å². The summed E-state index contributed by atoms with van der Waals surface area (Å²) in [5.41, 5.74) is 3.32. The Morgan fingerprint density at radius 2 is 1.81 bits per heavy atom. The molecule has 0 aliphatic carbocycles. The number of hydrogen-bond acceptors (Lipinski definition) is 4. The van der Waals surface area contributed by atoms with E-state index in [9.17, 15) is 4.79 Å². The van der Waals surface area contributed by atoms with Gasteiger partial charge in [-0.2, -0.15) is 5.10 Å². The van der Waals surface area contributed by atoms with Gasteiger partial charge in [-0.05, 0) is 42.5 Å².